The first kappa shape index (κ1) is 13.0. The molecule has 0 bridgehead atoms. The molecule has 1 aromatic rings. The summed E-state index contributed by atoms with van der Waals surface area (Å²) in [6.07, 6.45) is 0.554. The monoisotopic (exact) mass is 244 g/mol. The van der Waals surface area contributed by atoms with E-state index in [-0.39, 0.29) is 11.5 Å². The van der Waals surface area contributed by atoms with Crippen LogP contribution in [0.5, 0.6) is 5.75 Å². The fraction of sp³-hybridized carbons (Fsp3) is 0.545. The number of carboxylic acids is 1. The summed E-state index contributed by atoms with van der Waals surface area (Å²) < 4.78 is 5.35. The average molecular weight is 244 g/mol. The van der Waals surface area contributed by atoms with Crippen LogP contribution in [0.1, 0.15) is 34.8 Å². The van der Waals surface area contributed by atoms with Crippen LogP contribution >= 0.6 is 11.3 Å². The Kier molecular flexibility index (Phi) is 3.93. The Bertz CT molecular complexity index is 381. The van der Waals surface area contributed by atoms with E-state index >= 15 is 0 Å². The number of thiophene rings is 1. The van der Waals surface area contributed by atoms with Crippen LogP contribution in [0.4, 0.5) is 0 Å². The number of aryl methyl sites for hydroxylation is 1. The number of hydrogen-bond acceptors (Lipinski definition) is 4. The van der Waals surface area contributed by atoms with Gasteiger partial charge in [-0.1, -0.05) is 6.92 Å². The molecule has 90 valence electrons. The zero-order chi connectivity index (χ0) is 12.3. The fourth-order valence-electron chi connectivity index (χ4n) is 1.08. The van der Waals surface area contributed by atoms with E-state index in [2.05, 4.69) is 0 Å². The van der Waals surface area contributed by atoms with E-state index in [1.165, 1.54) is 11.3 Å². The molecule has 0 radical (unpaired) electrons. The number of aliphatic hydroxyl groups is 1. The number of aromatic carboxylic acids is 1. The molecule has 0 amide bonds. The van der Waals surface area contributed by atoms with Gasteiger partial charge in [-0.15, -0.1) is 11.3 Å². The van der Waals surface area contributed by atoms with Crippen LogP contribution in [-0.4, -0.2) is 28.4 Å². The van der Waals surface area contributed by atoms with Crippen molar-refractivity contribution in [2.24, 2.45) is 0 Å². The molecule has 0 aliphatic heterocycles. The number of ether oxygens (including phenoxy) is 1. The topological polar surface area (TPSA) is 66.8 Å². The van der Waals surface area contributed by atoms with Gasteiger partial charge in [0.15, 0.2) is 4.88 Å². The lowest BCUT2D eigenvalue weighted by Gasteiger charge is -2.21. The predicted octanol–water partition coefficient (Wildman–Crippen LogP) is 2.29. The zero-order valence-electron chi connectivity index (χ0n) is 9.61. The lowest BCUT2D eigenvalue weighted by Crippen LogP contribution is -2.31. The maximum atomic E-state index is 10.9. The van der Waals surface area contributed by atoms with Gasteiger partial charge in [-0.25, -0.2) is 4.79 Å². The Hall–Kier alpha value is -1.07. The Labute approximate surface area is 98.5 Å². The second kappa shape index (κ2) is 4.84. The van der Waals surface area contributed by atoms with Crippen molar-refractivity contribution in [1.29, 1.82) is 0 Å². The molecule has 1 atom stereocenters. The van der Waals surface area contributed by atoms with Gasteiger partial charge in [0.05, 0.1) is 5.60 Å². The van der Waals surface area contributed by atoms with Gasteiger partial charge in [-0.2, -0.15) is 0 Å². The van der Waals surface area contributed by atoms with Gasteiger partial charge in [0, 0.05) is 4.88 Å². The maximum Gasteiger partial charge on any atom is 0.349 e. The fourth-order valence-corrected chi connectivity index (χ4v) is 1.88. The van der Waals surface area contributed by atoms with E-state index < -0.39 is 11.6 Å². The summed E-state index contributed by atoms with van der Waals surface area (Å²) in [7, 11) is 0. The third kappa shape index (κ3) is 3.21. The predicted molar refractivity (Wildman–Crippen MR) is 62.4 cm³/mol. The lowest BCUT2D eigenvalue weighted by atomic mass is 10.1. The van der Waals surface area contributed by atoms with E-state index in [0.717, 1.165) is 4.88 Å². The largest absolute Gasteiger partial charge is 0.489 e. The Morgan fingerprint density at radius 3 is 2.75 bits per heavy atom. The molecule has 4 nitrogen and oxygen atoms in total. The van der Waals surface area contributed by atoms with Gasteiger partial charge in [-0.3, -0.25) is 0 Å². The molecular formula is C11H16O4S. The normalized spacial score (nSPS) is 14.5. The Morgan fingerprint density at radius 1 is 1.62 bits per heavy atom. The number of rotatable bonds is 5. The van der Waals surface area contributed by atoms with Crippen LogP contribution in [0.3, 0.4) is 0 Å². The molecule has 0 aromatic carbocycles. The molecule has 0 saturated heterocycles. The van der Waals surface area contributed by atoms with E-state index in [0.29, 0.717) is 12.2 Å². The third-order valence-electron chi connectivity index (χ3n) is 2.32. The second-order valence-electron chi connectivity index (χ2n) is 3.99. The smallest absolute Gasteiger partial charge is 0.349 e. The molecule has 0 fully saturated rings. The number of carbonyl (C=O) groups is 1. The summed E-state index contributed by atoms with van der Waals surface area (Å²) in [6, 6.07) is 1.68. The van der Waals surface area contributed by atoms with Crippen molar-refractivity contribution in [1.82, 2.24) is 0 Å². The minimum absolute atomic E-state index is 0.0972. The van der Waals surface area contributed by atoms with Crippen molar-refractivity contribution in [3.05, 3.63) is 15.8 Å². The van der Waals surface area contributed by atoms with Crippen LogP contribution in [0, 0.1) is 6.92 Å². The first-order chi connectivity index (χ1) is 7.35. The van der Waals surface area contributed by atoms with Crippen molar-refractivity contribution in [2.45, 2.75) is 32.8 Å². The molecule has 0 spiro atoms. The molecule has 1 rings (SSSR count). The average Bonchev–Trinajstić information content (AvgIpc) is 2.57. The highest BCUT2D eigenvalue weighted by atomic mass is 32.1. The standard InChI is InChI=1S/C11H16O4S/c1-4-11(3,14)6-15-8-5-7(2)16-9(8)10(12)13/h5,14H,4,6H2,1-3H3,(H,12,13). The van der Waals surface area contributed by atoms with E-state index in [9.17, 15) is 9.90 Å². The molecule has 0 saturated carbocycles. The van der Waals surface area contributed by atoms with Crippen LogP contribution in [-0.2, 0) is 0 Å². The van der Waals surface area contributed by atoms with Gasteiger partial charge in [0.2, 0.25) is 0 Å². The summed E-state index contributed by atoms with van der Waals surface area (Å²) in [5, 5.41) is 18.7. The maximum absolute atomic E-state index is 10.9. The summed E-state index contributed by atoms with van der Waals surface area (Å²) >= 11 is 1.17. The third-order valence-corrected chi connectivity index (χ3v) is 3.34. The first-order valence-electron chi connectivity index (χ1n) is 5.04. The minimum atomic E-state index is -0.996. The van der Waals surface area contributed by atoms with E-state index in [4.69, 9.17) is 9.84 Å². The van der Waals surface area contributed by atoms with Crippen molar-refractivity contribution >= 4 is 17.3 Å². The molecule has 1 unspecified atom stereocenters. The molecule has 0 aliphatic rings. The first-order valence-corrected chi connectivity index (χ1v) is 5.86. The lowest BCUT2D eigenvalue weighted by molar-refractivity contribution is 0.00807. The number of hydrogen-bond donors (Lipinski definition) is 2. The molecule has 2 N–H and O–H groups in total. The molecule has 0 aliphatic carbocycles. The second-order valence-corrected chi connectivity index (χ2v) is 5.25. The summed E-state index contributed by atoms with van der Waals surface area (Å²) in [5.41, 5.74) is -0.925. The van der Waals surface area contributed by atoms with Crippen molar-refractivity contribution in [3.8, 4) is 5.75 Å². The van der Waals surface area contributed by atoms with Gasteiger partial charge in [0.1, 0.15) is 12.4 Å². The van der Waals surface area contributed by atoms with Crippen LogP contribution in [0.15, 0.2) is 6.07 Å². The van der Waals surface area contributed by atoms with Crippen molar-refractivity contribution in [3.63, 3.8) is 0 Å². The Balaban J connectivity index is 2.77. The van der Waals surface area contributed by atoms with Gasteiger partial charge >= 0.3 is 5.97 Å². The van der Waals surface area contributed by atoms with E-state index in [1.54, 1.807) is 13.0 Å². The molecule has 5 heteroatoms. The highest BCUT2D eigenvalue weighted by molar-refractivity contribution is 7.14. The molecular weight excluding hydrogens is 228 g/mol. The van der Waals surface area contributed by atoms with E-state index in [1.807, 2.05) is 13.8 Å². The van der Waals surface area contributed by atoms with Crippen LogP contribution < -0.4 is 4.74 Å². The Morgan fingerprint density at radius 2 is 2.25 bits per heavy atom. The van der Waals surface area contributed by atoms with Crippen molar-refractivity contribution < 1.29 is 19.7 Å². The van der Waals surface area contributed by atoms with Gasteiger partial charge in [-0.05, 0) is 26.3 Å². The van der Waals surface area contributed by atoms with Gasteiger partial charge < -0.3 is 14.9 Å². The van der Waals surface area contributed by atoms with Crippen LogP contribution in [0.25, 0.3) is 0 Å². The summed E-state index contributed by atoms with van der Waals surface area (Å²) in [5.74, 6) is -0.659. The zero-order valence-corrected chi connectivity index (χ0v) is 10.4. The molecule has 16 heavy (non-hydrogen) atoms. The summed E-state index contributed by atoms with van der Waals surface area (Å²) in [6.45, 7) is 5.43. The number of carboxylic acid groups (broad SMARTS) is 1. The van der Waals surface area contributed by atoms with Crippen LogP contribution in [0.2, 0.25) is 0 Å². The molecule has 1 heterocycles. The quantitative estimate of drug-likeness (QED) is 0.834. The minimum Gasteiger partial charge on any atom is -0.489 e. The molecule has 1 aromatic heterocycles. The highest BCUT2D eigenvalue weighted by Gasteiger charge is 2.21. The van der Waals surface area contributed by atoms with Gasteiger partial charge in [0.25, 0.3) is 0 Å². The SMILES string of the molecule is CCC(C)(O)COc1cc(C)sc1C(=O)O. The van der Waals surface area contributed by atoms with Crippen molar-refractivity contribution in [2.75, 3.05) is 6.61 Å². The highest BCUT2D eigenvalue weighted by Crippen LogP contribution is 2.29. The summed E-state index contributed by atoms with van der Waals surface area (Å²) in [4.78, 5) is 12.0.